The monoisotopic (exact) mass is 426 g/mol. The van der Waals surface area contributed by atoms with E-state index in [1.165, 1.54) is 6.42 Å². The Kier molecular flexibility index (Phi) is 7.22. The quantitative estimate of drug-likeness (QED) is 0.802. The highest BCUT2D eigenvalue weighted by molar-refractivity contribution is 5.80. The van der Waals surface area contributed by atoms with Gasteiger partial charge >= 0.3 is 0 Å². The molecular formula is C22H30N6O3. The van der Waals surface area contributed by atoms with Crippen molar-refractivity contribution in [2.75, 3.05) is 19.6 Å². The van der Waals surface area contributed by atoms with Crippen molar-refractivity contribution in [3.63, 3.8) is 0 Å². The summed E-state index contributed by atoms with van der Waals surface area (Å²) in [6, 6.07) is 0. The van der Waals surface area contributed by atoms with E-state index in [0.717, 1.165) is 38.5 Å². The molecule has 1 atom stereocenters. The predicted octanol–water partition coefficient (Wildman–Crippen LogP) is 2.71. The molecule has 2 fully saturated rings. The van der Waals surface area contributed by atoms with Gasteiger partial charge in [-0.05, 0) is 32.1 Å². The van der Waals surface area contributed by atoms with Crippen LogP contribution in [-0.4, -0.2) is 56.5 Å². The van der Waals surface area contributed by atoms with Gasteiger partial charge in [0.25, 0.3) is 0 Å². The smallest absolute Gasteiger partial charge is 0.230 e. The van der Waals surface area contributed by atoms with Gasteiger partial charge in [0.2, 0.25) is 23.5 Å². The predicted molar refractivity (Wildman–Crippen MR) is 113 cm³/mol. The molecule has 0 aromatic carbocycles. The van der Waals surface area contributed by atoms with E-state index < -0.39 is 0 Å². The third kappa shape index (κ3) is 5.65. The normalized spacial score (nSPS) is 21.9. The molecule has 1 unspecified atom stereocenters. The van der Waals surface area contributed by atoms with Crippen LogP contribution in [0.5, 0.6) is 0 Å². The van der Waals surface area contributed by atoms with Crippen molar-refractivity contribution in [2.24, 2.45) is 5.92 Å². The minimum Gasteiger partial charge on any atom is -0.356 e. The van der Waals surface area contributed by atoms with E-state index in [0.29, 0.717) is 49.9 Å². The number of amides is 2. The van der Waals surface area contributed by atoms with Gasteiger partial charge < -0.3 is 14.7 Å². The number of carbonyl (C=O) groups is 2. The minimum absolute atomic E-state index is 0.0166. The van der Waals surface area contributed by atoms with Crippen LogP contribution < -0.4 is 5.32 Å². The fourth-order valence-electron chi connectivity index (χ4n) is 4.49. The van der Waals surface area contributed by atoms with Crippen LogP contribution in [0.1, 0.15) is 69.6 Å². The molecule has 4 rings (SSSR count). The van der Waals surface area contributed by atoms with E-state index in [4.69, 9.17) is 4.52 Å². The highest BCUT2D eigenvalue weighted by Gasteiger charge is 2.27. The molecule has 1 saturated heterocycles. The number of nitrogens with one attached hydrogen (secondary N) is 1. The zero-order chi connectivity index (χ0) is 21.5. The maximum absolute atomic E-state index is 13.1. The molecule has 9 nitrogen and oxygen atoms in total. The molecule has 2 aromatic heterocycles. The molecule has 1 saturated carbocycles. The van der Waals surface area contributed by atoms with Crippen molar-refractivity contribution in [3.8, 4) is 11.5 Å². The Morgan fingerprint density at radius 1 is 1.06 bits per heavy atom. The second-order valence-electron chi connectivity index (χ2n) is 8.43. The van der Waals surface area contributed by atoms with Crippen molar-refractivity contribution in [1.82, 2.24) is 30.3 Å². The Hall–Kier alpha value is -2.84. The van der Waals surface area contributed by atoms with E-state index >= 15 is 0 Å². The second-order valence-corrected chi connectivity index (χ2v) is 8.43. The maximum atomic E-state index is 13.1. The van der Waals surface area contributed by atoms with Gasteiger partial charge in [-0.3, -0.25) is 14.6 Å². The average Bonchev–Trinajstić information content (AvgIpc) is 3.29. The van der Waals surface area contributed by atoms with E-state index in [1.807, 2.05) is 4.90 Å². The summed E-state index contributed by atoms with van der Waals surface area (Å²) >= 11 is 0. The number of carbonyl (C=O) groups excluding carboxylic acids is 2. The Morgan fingerprint density at radius 2 is 1.94 bits per heavy atom. The molecule has 166 valence electrons. The molecular weight excluding hydrogens is 396 g/mol. The SMILES string of the molecule is O=C1CCN(C(=O)C2CCCCC2)CCCC(c2nc(-c3cnccn3)no2)CCN1. The lowest BCUT2D eigenvalue weighted by Crippen LogP contribution is -2.40. The zero-order valence-electron chi connectivity index (χ0n) is 17.8. The van der Waals surface area contributed by atoms with Crippen LogP contribution in [0.15, 0.2) is 23.1 Å². The highest BCUT2D eigenvalue weighted by Crippen LogP contribution is 2.28. The molecule has 9 heteroatoms. The summed E-state index contributed by atoms with van der Waals surface area (Å²) in [5.74, 6) is 1.28. The van der Waals surface area contributed by atoms with Crippen molar-refractivity contribution in [3.05, 3.63) is 24.5 Å². The fraction of sp³-hybridized carbons (Fsp3) is 0.636. The average molecular weight is 427 g/mol. The molecule has 3 heterocycles. The topological polar surface area (TPSA) is 114 Å². The van der Waals surface area contributed by atoms with Gasteiger partial charge in [0.1, 0.15) is 5.69 Å². The van der Waals surface area contributed by atoms with Crippen LogP contribution in [-0.2, 0) is 9.59 Å². The van der Waals surface area contributed by atoms with Gasteiger partial charge in [0.05, 0.1) is 6.20 Å². The summed E-state index contributed by atoms with van der Waals surface area (Å²) in [7, 11) is 0. The number of hydrogen-bond donors (Lipinski definition) is 1. The molecule has 31 heavy (non-hydrogen) atoms. The summed E-state index contributed by atoms with van der Waals surface area (Å²) in [5.41, 5.74) is 0.562. The Labute approximate surface area is 182 Å². The standard InChI is InChI=1S/C22H30N6O3/c29-19-9-14-28(22(30)17-5-2-1-3-6-17)13-4-7-16(8-10-25-19)21-26-20(27-31-21)18-15-23-11-12-24-18/h11-12,15-17H,1-10,13-14H2,(H,25,29). The maximum Gasteiger partial charge on any atom is 0.230 e. The van der Waals surface area contributed by atoms with E-state index in [2.05, 4.69) is 25.4 Å². The van der Waals surface area contributed by atoms with Crippen molar-refractivity contribution in [2.45, 2.75) is 63.7 Å². The van der Waals surface area contributed by atoms with Crippen molar-refractivity contribution < 1.29 is 14.1 Å². The summed E-state index contributed by atoms with van der Waals surface area (Å²) in [6.45, 7) is 1.69. The van der Waals surface area contributed by atoms with Crippen LogP contribution in [0.25, 0.3) is 11.5 Å². The summed E-state index contributed by atoms with van der Waals surface area (Å²) in [4.78, 5) is 40.0. The van der Waals surface area contributed by atoms with Gasteiger partial charge in [-0.2, -0.15) is 4.98 Å². The largest absolute Gasteiger partial charge is 0.356 e. The van der Waals surface area contributed by atoms with E-state index in [-0.39, 0.29) is 23.7 Å². The first-order valence-electron chi connectivity index (χ1n) is 11.4. The third-order valence-corrected chi connectivity index (χ3v) is 6.25. The molecule has 0 bridgehead atoms. The van der Waals surface area contributed by atoms with Gasteiger partial charge in [-0.15, -0.1) is 0 Å². The lowest BCUT2D eigenvalue weighted by molar-refractivity contribution is -0.137. The summed E-state index contributed by atoms with van der Waals surface area (Å²) in [6.07, 6.45) is 12.9. The highest BCUT2D eigenvalue weighted by atomic mass is 16.5. The summed E-state index contributed by atoms with van der Waals surface area (Å²) in [5, 5.41) is 7.02. The van der Waals surface area contributed by atoms with Crippen LogP contribution in [0.2, 0.25) is 0 Å². The molecule has 2 amide bonds. The molecule has 1 aliphatic heterocycles. The lowest BCUT2D eigenvalue weighted by atomic mass is 9.88. The Balaban J connectivity index is 1.43. The number of hydrogen-bond acceptors (Lipinski definition) is 7. The van der Waals surface area contributed by atoms with Crippen molar-refractivity contribution >= 4 is 11.8 Å². The van der Waals surface area contributed by atoms with Gasteiger partial charge in [0, 0.05) is 50.3 Å². The zero-order valence-corrected chi connectivity index (χ0v) is 17.8. The van der Waals surface area contributed by atoms with E-state index in [1.54, 1.807) is 18.6 Å². The third-order valence-electron chi connectivity index (χ3n) is 6.25. The molecule has 2 aromatic rings. The van der Waals surface area contributed by atoms with Crippen molar-refractivity contribution in [1.29, 1.82) is 0 Å². The first kappa shape index (κ1) is 21.4. The van der Waals surface area contributed by atoms with Crippen LogP contribution >= 0.6 is 0 Å². The fourth-order valence-corrected chi connectivity index (χ4v) is 4.49. The molecule has 1 N–H and O–H groups in total. The molecule has 2 aliphatic rings. The van der Waals surface area contributed by atoms with Crippen LogP contribution in [0, 0.1) is 5.92 Å². The Bertz CT molecular complexity index is 865. The van der Waals surface area contributed by atoms with E-state index in [9.17, 15) is 9.59 Å². The second kappa shape index (κ2) is 10.5. The number of aromatic nitrogens is 4. The van der Waals surface area contributed by atoms with Gasteiger partial charge in [0.15, 0.2) is 0 Å². The molecule has 0 radical (unpaired) electrons. The van der Waals surface area contributed by atoms with Crippen LogP contribution in [0.3, 0.4) is 0 Å². The number of rotatable bonds is 3. The molecule has 0 spiro atoms. The lowest BCUT2D eigenvalue weighted by Gasteiger charge is -2.29. The van der Waals surface area contributed by atoms with Gasteiger partial charge in [-0.25, -0.2) is 4.98 Å². The summed E-state index contributed by atoms with van der Waals surface area (Å²) < 4.78 is 5.53. The first-order valence-corrected chi connectivity index (χ1v) is 11.4. The molecule has 1 aliphatic carbocycles. The van der Waals surface area contributed by atoms with Crippen LogP contribution in [0.4, 0.5) is 0 Å². The Morgan fingerprint density at radius 3 is 2.74 bits per heavy atom. The minimum atomic E-state index is -0.0205. The van der Waals surface area contributed by atoms with Gasteiger partial charge in [-0.1, -0.05) is 24.4 Å². The first-order chi connectivity index (χ1) is 15.2. The number of nitrogens with zero attached hydrogens (tertiary/aromatic N) is 5.